The number of pyridine rings is 1. The summed E-state index contributed by atoms with van der Waals surface area (Å²) in [5.41, 5.74) is 0.887. The maximum absolute atomic E-state index is 12.1. The van der Waals surface area contributed by atoms with Gasteiger partial charge in [-0.3, -0.25) is 4.79 Å². The number of aryl methyl sites for hydroxylation is 1. The summed E-state index contributed by atoms with van der Waals surface area (Å²) in [7, 11) is 1.31. The van der Waals surface area contributed by atoms with Crippen molar-refractivity contribution in [1.82, 2.24) is 4.98 Å². The van der Waals surface area contributed by atoms with E-state index < -0.39 is 12.7 Å². The largest absolute Gasteiger partial charge is 0.405 e. The molecule has 0 atom stereocenters. The first-order valence-corrected chi connectivity index (χ1v) is 4.53. The van der Waals surface area contributed by atoms with Gasteiger partial charge in [-0.25, -0.2) is 4.98 Å². The Labute approximate surface area is 90.9 Å². The SMILES string of the molecule is Cc1cc(C=O)cnc1N(C)CC(F)(F)F. The molecular weight excluding hydrogens is 221 g/mol. The van der Waals surface area contributed by atoms with E-state index >= 15 is 0 Å². The van der Waals surface area contributed by atoms with Crippen molar-refractivity contribution >= 4 is 12.1 Å². The zero-order valence-corrected chi connectivity index (χ0v) is 8.88. The van der Waals surface area contributed by atoms with Gasteiger partial charge in [0.15, 0.2) is 6.29 Å². The van der Waals surface area contributed by atoms with Crippen LogP contribution in [0, 0.1) is 6.92 Å². The average molecular weight is 232 g/mol. The number of halogens is 3. The van der Waals surface area contributed by atoms with Crippen LogP contribution in [0.1, 0.15) is 15.9 Å². The Morgan fingerprint density at radius 1 is 1.50 bits per heavy atom. The van der Waals surface area contributed by atoms with Crippen LogP contribution in [0.5, 0.6) is 0 Å². The van der Waals surface area contributed by atoms with E-state index in [0.717, 1.165) is 4.90 Å². The molecule has 0 bridgehead atoms. The minimum Gasteiger partial charge on any atom is -0.350 e. The number of carbonyl (C=O) groups is 1. The minimum atomic E-state index is -4.27. The average Bonchev–Trinajstić information content (AvgIpc) is 2.14. The predicted octanol–water partition coefficient (Wildman–Crippen LogP) is 2.20. The summed E-state index contributed by atoms with van der Waals surface area (Å²) in [5.74, 6) is 0.225. The van der Waals surface area contributed by atoms with E-state index in [4.69, 9.17) is 0 Å². The van der Waals surface area contributed by atoms with E-state index in [1.807, 2.05) is 0 Å². The van der Waals surface area contributed by atoms with Crippen LogP contribution in [0.3, 0.4) is 0 Å². The van der Waals surface area contributed by atoms with Crippen LogP contribution in [-0.2, 0) is 0 Å². The van der Waals surface area contributed by atoms with Gasteiger partial charge in [-0.1, -0.05) is 0 Å². The van der Waals surface area contributed by atoms with Gasteiger partial charge in [0, 0.05) is 18.8 Å². The molecule has 88 valence electrons. The van der Waals surface area contributed by atoms with Crippen molar-refractivity contribution < 1.29 is 18.0 Å². The van der Waals surface area contributed by atoms with Crippen LogP contribution in [0.2, 0.25) is 0 Å². The standard InChI is InChI=1S/C10H11F3N2O/c1-7-3-8(5-16)4-14-9(7)15(2)6-10(11,12)13/h3-5H,6H2,1-2H3. The number of carbonyl (C=O) groups excluding carboxylic acids is 1. The van der Waals surface area contributed by atoms with Gasteiger partial charge in [0.25, 0.3) is 0 Å². The number of rotatable bonds is 3. The zero-order chi connectivity index (χ0) is 12.3. The van der Waals surface area contributed by atoms with Crippen LogP contribution in [0.15, 0.2) is 12.3 Å². The molecule has 0 amide bonds. The first-order chi connectivity index (χ1) is 7.33. The number of hydrogen-bond acceptors (Lipinski definition) is 3. The lowest BCUT2D eigenvalue weighted by Gasteiger charge is -2.21. The highest BCUT2D eigenvalue weighted by atomic mass is 19.4. The summed E-state index contributed by atoms with van der Waals surface area (Å²) in [6.45, 7) is 0.545. The molecule has 1 heterocycles. The quantitative estimate of drug-likeness (QED) is 0.749. The molecule has 0 radical (unpaired) electrons. The molecular formula is C10H11F3N2O. The fourth-order valence-corrected chi connectivity index (χ4v) is 1.40. The van der Waals surface area contributed by atoms with Crippen LogP contribution >= 0.6 is 0 Å². The highest BCUT2D eigenvalue weighted by molar-refractivity contribution is 5.75. The van der Waals surface area contributed by atoms with E-state index in [1.54, 1.807) is 6.92 Å². The number of hydrogen-bond donors (Lipinski definition) is 0. The molecule has 3 nitrogen and oxygen atoms in total. The third kappa shape index (κ3) is 3.22. The summed E-state index contributed by atoms with van der Waals surface area (Å²) in [6.07, 6.45) is -2.41. The monoisotopic (exact) mass is 232 g/mol. The molecule has 0 spiro atoms. The minimum absolute atomic E-state index is 0.225. The molecule has 0 unspecified atom stereocenters. The molecule has 0 saturated heterocycles. The third-order valence-electron chi connectivity index (χ3n) is 1.99. The van der Waals surface area contributed by atoms with Gasteiger partial charge < -0.3 is 4.90 Å². The topological polar surface area (TPSA) is 33.2 Å². The molecule has 0 aliphatic carbocycles. The maximum Gasteiger partial charge on any atom is 0.405 e. The first kappa shape index (κ1) is 12.5. The Bertz CT molecular complexity index is 390. The predicted molar refractivity (Wildman–Crippen MR) is 53.7 cm³/mol. The lowest BCUT2D eigenvalue weighted by Crippen LogP contribution is -2.31. The second-order valence-corrected chi connectivity index (χ2v) is 3.50. The van der Waals surface area contributed by atoms with Crippen LogP contribution in [0.25, 0.3) is 0 Å². The first-order valence-electron chi connectivity index (χ1n) is 4.53. The van der Waals surface area contributed by atoms with Crippen LogP contribution in [0.4, 0.5) is 19.0 Å². The molecule has 16 heavy (non-hydrogen) atoms. The summed E-state index contributed by atoms with van der Waals surface area (Å²) in [6, 6.07) is 1.50. The third-order valence-corrected chi connectivity index (χ3v) is 1.99. The van der Waals surface area contributed by atoms with Gasteiger partial charge in [-0.05, 0) is 18.6 Å². The van der Waals surface area contributed by atoms with Gasteiger partial charge in [0.05, 0.1) is 0 Å². The van der Waals surface area contributed by atoms with Gasteiger partial charge in [-0.2, -0.15) is 13.2 Å². The lowest BCUT2D eigenvalue weighted by atomic mass is 10.2. The van der Waals surface area contributed by atoms with Crippen molar-refractivity contribution in [2.75, 3.05) is 18.5 Å². The summed E-state index contributed by atoms with van der Waals surface area (Å²) in [5, 5.41) is 0. The second-order valence-electron chi connectivity index (χ2n) is 3.50. The van der Waals surface area contributed by atoms with Crippen molar-refractivity contribution in [3.8, 4) is 0 Å². The molecule has 0 aromatic carbocycles. The smallest absolute Gasteiger partial charge is 0.350 e. The zero-order valence-electron chi connectivity index (χ0n) is 8.88. The lowest BCUT2D eigenvalue weighted by molar-refractivity contribution is -0.119. The van der Waals surface area contributed by atoms with Crippen molar-refractivity contribution in [2.45, 2.75) is 13.1 Å². The fourth-order valence-electron chi connectivity index (χ4n) is 1.40. The normalized spacial score (nSPS) is 11.3. The molecule has 0 aliphatic rings. The van der Waals surface area contributed by atoms with Crippen LogP contribution < -0.4 is 4.90 Å². The van der Waals surface area contributed by atoms with E-state index in [9.17, 15) is 18.0 Å². The van der Waals surface area contributed by atoms with Crippen molar-refractivity contribution in [2.24, 2.45) is 0 Å². The van der Waals surface area contributed by atoms with Crippen molar-refractivity contribution in [3.63, 3.8) is 0 Å². The fraction of sp³-hybridized carbons (Fsp3) is 0.400. The second kappa shape index (κ2) is 4.51. The summed E-state index contributed by atoms with van der Waals surface area (Å²) >= 11 is 0. The number of aldehydes is 1. The van der Waals surface area contributed by atoms with Gasteiger partial charge in [0.1, 0.15) is 12.4 Å². The highest BCUT2D eigenvalue weighted by Crippen LogP contribution is 2.21. The van der Waals surface area contributed by atoms with E-state index in [-0.39, 0.29) is 5.82 Å². The van der Waals surface area contributed by atoms with Gasteiger partial charge in [-0.15, -0.1) is 0 Å². The summed E-state index contributed by atoms with van der Waals surface area (Å²) in [4.78, 5) is 15.3. The molecule has 1 aromatic heterocycles. The van der Waals surface area contributed by atoms with Crippen molar-refractivity contribution in [1.29, 1.82) is 0 Å². The van der Waals surface area contributed by atoms with Gasteiger partial charge >= 0.3 is 6.18 Å². The van der Waals surface area contributed by atoms with E-state index in [0.29, 0.717) is 17.4 Å². The molecule has 1 rings (SSSR count). The summed E-state index contributed by atoms with van der Waals surface area (Å²) < 4.78 is 36.4. The molecule has 0 aliphatic heterocycles. The highest BCUT2D eigenvalue weighted by Gasteiger charge is 2.30. The Balaban J connectivity index is 2.92. The molecule has 6 heteroatoms. The Morgan fingerprint density at radius 3 is 2.56 bits per heavy atom. The number of alkyl halides is 3. The number of aromatic nitrogens is 1. The Morgan fingerprint density at radius 2 is 2.12 bits per heavy atom. The van der Waals surface area contributed by atoms with Gasteiger partial charge in [0.2, 0.25) is 0 Å². The Kier molecular flexibility index (Phi) is 3.51. The number of nitrogens with zero attached hydrogens (tertiary/aromatic N) is 2. The van der Waals surface area contributed by atoms with E-state index in [1.165, 1.54) is 19.3 Å². The molecule has 1 aromatic rings. The molecule has 0 fully saturated rings. The van der Waals surface area contributed by atoms with E-state index in [2.05, 4.69) is 4.98 Å². The maximum atomic E-state index is 12.1. The molecule has 0 saturated carbocycles. The van der Waals surface area contributed by atoms with Crippen LogP contribution in [-0.4, -0.2) is 31.0 Å². The number of anilines is 1. The molecule has 0 N–H and O–H groups in total. The van der Waals surface area contributed by atoms with Crippen molar-refractivity contribution in [3.05, 3.63) is 23.4 Å². The Hall–Kier alpha value is -1.59.